The maximum Gasteiger partial charge on any atom is 0.230 e. The van der Waals surface area contributed by atoms with Gasteiger partial charge in [0.15, 0.2) is 0 Å². The maximum atomic E-state index is 6.08. The van der Waals surface area contributed by atoms with Crippen LogP contribution in [-0.2, 0) is 4.74 Å². The highest BCUT2D eigenvalue weighted by Gasteiger charge is 2.26. The zero-order chi connectivity index (χ0) is 21.4. The van der Waals surface area contributed by atoms with Crippen LogP contribution in [0.3, 0.4) is 0 Å². The Balaban J connectivity index is 1.49. The van der Waals surface area contributed by atoms with Crippen molar-refractivity contribution in [2.75, 3.05) is 25.1 Å². The number of anilines is 1. The molecule has 1 aliphatic heterocycles. The molecular weight excluding hydrogens is 392 g/mol. The second-order valence-electron chi connectivity index (χ2n) is 7.78. The second-order valence-corrected chi connectivity index (χ2v) is 7.78. The molecule has 0 amide bonds. The molecule has 1 saturated heterocycles. The number of hydrogen-bond acceptors (Lipinski definition) is 7. The molecule has 4 heterocycles. The minimum absolute atomic E-state index is 0.234. The molecular formula is C24H24N4O3. The number of fused-ring (bicyclic) bond motifs is 1. The fraction of sp³-hybridized carbons (Fsp3) is 0.292. The van der Waals surface area contributed by atoms with Gasteiger partial charge in [-0.2, -0.15) is 0 Å². The number of methoxy groups -OCH3 is 1. The molecule has 1 atom stereocenters. The Kier molecular flexibility index (Phi) is 5.03. The third kappa shape index (κ3) is 3.61. The van der Waals surface area contributed by atoms with E-state index in [-0.39, 0.29) is 6.10 Å². The van der Waals surface area contributed by atoms with Gasteiger partial charge >= 0.3 is 0 Å². The molecule has 158 valence electrons. The van der Waals surface area contributed by atoms with Crippen LogP contribution in [0, 0.1) is 13.8 Å². The summed E-state index contributed by atoms with van der Waals surface area (Å²) in [4.78, 5) is 15.7. The number of nitrogens with zero attached hydrogens (tertiary/aromatic N) is 4. The van der Waals surface area contributed by atoms with Crippen LogP contribution in [0.4, 0.5) is 5.82 Å². The lowest BCUT2D eigenvalue weighted by atomic mass is 9.99. The number of hydrogen-bond donors (Lipinski definition) is 0. The van der Waals surface area contributed by atoms with Crippen LogP contribution in [0.2, 0.25) is 0 Å². The predicted octanol–water partition coefficient (Wildman–Crippen LogP) is 4.92. The standard InChI is InChI=1S/C24H24N4O3/c1-15-12-17(31-24-20-8-11-30-21(20)6-9-25-24)4-5-19(15)22-16(2)26-14-27-23(22)28-10-7-18(13-28)29-3/h4-6,8-9,11-12,14,18H,7,10,13H2,1-3H3/t18-/m0/s1. The van der Waals surface area contributed by atoms with Crippen molar-refractivity contribution in [2.24, 2.45) is 0 Å². The van der Waals surface area contributed by atoms with Gasteiger partial charge in [-0.3, -0.25) is 0 Å². The first-order valence-electron chi connectivity index (χ1n) is 10.3. The molecule has 0 unspecified atom stereocenters. The number of furan rings is 1. The largest absolute Gasteiger partial charge is 0.464 e. The minimum atomic E-state index is 0.234. The van der Waals surface area contributed by atoms with Gasteiger partial charge in [-0.25, -0.2) is 15.0 Å². The van der Waals surface area contributed by atoms with Crippen molar-refractivity contribution in [3.05, 3.63) is 60.4 Å². The second kappa shape index (κ2) is 8.00. The summed E-state index contributed by atoms with van der Waals surface area (Å²) in [5.74, 6) is 2.20. The Morgan fingerprint density at radius 1 is 1.10 bits per heavy atom. The van der Waals surface area contributed by atoms with Crippen LogP contribution in [0.15, 0.2) is 53.5 Å². The molecule has 4 aromatic rings. The number of benzene rings is 1. The Hall–Kier alpha value is -3.45. The number of ether oxygens (including phenoxy) is 2. The lowest BCUT2D eigenvalue weighted by Gasteiger charge is -2.22. The van der Waals surface area contributed by atoms with Crippen LogP contribution in [-0.4, -0.2) is 41.3 Å². The molecule has 0 radical (unpaired) electrons. The van der Waals surface area contributed by atoms with Crippen LogP contribution >= 0.6 is 0 Å². The van der Waals surface area contributed by atoms with Gasteiger partial charge in [0.05, 0.1) is 23.4 Å². The van der Waals surface area contributed by atoms with E-state index in [0.717, 1.165) is 64.4 Å². The molecule has 0 aliphatic carbocycles. The highest BCUT2D eigenvalue weighted by Crippen LogP contribution is 2.37. The van der Waals surface area contributed by atoms with Crippen LogP contribution in [0.25, 0.3) is 22.1 Å². The summed E-state index contributed by atoms with van der Waals surface area (Å²) in [5, 5.41) is 0.848. The molecule has 3 aromatic heterocycles. The molecule has 0 N–H and O–H groups in total. The summed E-state index contributed by atoms with van der Waals surface area (Å²) in [6, 6.07) is 9.73. The average molecular weight is 416 g/mol. The van der Waals surface area contributed by atoms with Crippen molar-refractivity contribution < 1.29 is 13.9 Å². The van der Waals surface area contributed by atoms with Crippen molar-refractivity contribution >= 4 is 16.8 Å². The van der Waals surface area contributed by atoms with E-state index < -0.39 is 0 Å². The fourth-order valence-electron chi connectivity index (χ4n) is 4.17. The van der Waals surface area contributed by atoms with E-state index in [2.05, 4.69) is 32.8 Å². The first kappa shape index (κ1) is 19.5. The van der Waals surface area contributed by atoms with Crippen LogP contribution < -0.4 is 9.64 Å². The summed E-state index contributed by atoms with van der Waals surface area (Å²) in [5.41, 5.74) is 4.93. The van der Waals surface area contributed by atoms with Crippen molar-refractivity contribution in [3.63, 3.8) is 0 Å². The van der Waals surface area contributed by atoms with Crippen molar-refractivity contribution in [2.45, 2.75) is 26.4 Å². The van der Waals surface area contributed by atoms with Gasteiger partial charge in [-0.15, -0.1) is 0 Å². The molecule has 1 fully saturated rings. The Bertz CT molecular complexity index is 1240. The summed E-state index contributed by atoms with van der Waals surface area (Å²) >= 11 is 0. The first-order valence-corrected chi connectivity index (χ1v) is 10.3. The number of aryl methyl sites for hydroxylation is 2. The Labute approximate surface area is 180 Å². The van der Waals surface area contributed by atoms with Crippen molar-refractivity contribution in [1.82, 2.24) is 15.0 Å². The number of aromatic nitrogens is 3. The molecule has 0 spiro atoms. The van der Waals surface area contributed by atoms with E-state index in [9.17, 15) is 0 Å². The van der Waals surface area contributed by atoms with E-state index in [0.29, 0.717) is 5.88 Å². The summed E-state index contributed by atoms with van der Waals surface area (Å²) in [7, 11) is 1.77. The van der Waals surface area contributed by atoms with Crippen molar-refractivity contribution in [1.29, 1.82) is 0 Å². The zero-order valence-electron chi connectivity index (χ0n) is 17.8. The van der Waals surface area contributed by atoms with E-state index in [1.807, 2.05) is 31.2 Å². The molecule has 0 bridgehead atoms. The summed E-state index contributed by atoms with van der Waals surface area (Å²) in [6.07, 6.45) is 6.19. The third-order valence-corrected chi connectivity index (χ3v) is 5.82. The van der Waals surface area contributed by atoms with E-state index in [4.69, 9.17) is 13.9 Å². The smallest absolute Gasteiger partial charge is 0.230 e. The highest BCUT2D eigenvalue weighted by molar-refractivity contribution is 5.83. The molecule has 7 heteroatoms. The summed E-state index contributed by atoms with van der Waals surface area (Å²) in [6.45, 7) is 5.85. The predicted molar refractivity (Wildman–Crippen MR) is 119 cm³/mol. The lowest BCUT2D eigenvalue weighted by Crippen LogP contribution is -2.24. The molecule has 5 rings (SSSR count). The van der Waals surface area contributed by atoms with Gasteiger partial charge in [0.2, 0.25) is 5.88 Å². The van der Waals surface area contributed by atoms with Gasteiger partial charge in [0.1, 0.15) is 23.5 Å². The SMILES string of the molecule is CO[C@H]1CCN(c2ncnc(C)c2-c2ccc(Oc3nccc4occc34)cc2C)C1. The van der Waals surface area contributed by atoms with Crippen LogP contribution in [0.1, 0.15) is 17.7 Å². The highest BCUT2D eigenvalue weighted by atomic mass is 16.5. The molecule has 7 nitrogen and oxygen atoms in total. The lowest BCUT2D eigenvalue weighted by molar-refractivity contribution is 0.121. The zero-order valence-corrected chi connectivity index (χ0v) is 17.8. The van der Waals surface area contributed by atoms with E-state index in [1.165, 1.54) is 0 Å². The third-order valence-electron chi connectivity index (χ3n) is 5.82. The molecule has 31 heavy (non-hydrogen) atoms. The van der Waals surface area contributed by atoms with Gasteiger partial charge in [0, 0.05) is 32.0 Å². The normalized spacial score (nSPS) is 16.2. The van der Waals surface area contributed by atoms with E-state index in [1.54, 1.807) is 25.9 Å². The number of pyridine rings is 1. The maximum absolute atomic E-state index is 6.08. The van der Waals surface area contributed by atoms with Gasteiger partial charge in [0.25, 0.3) is 0 Å². The Morgan fingerprint density at radius 2 is 2.00 bits per heavy atom. The van der Waals surface area contributed by atoms with Crippen molar-refractivity contribution in [3.8, 4) is 22.8 Å². The topological polar surface area (TPSA) is 73.5 Å². The fourth-order valence-corrected chi connectivity index (χ4v) is 4.17. The van der Waals surface area contributed by atoms with Crippen LogP contribution in [0.5, 0.6) is 11.6 Å². The molecule has 1 aromatic carbocycles. The number of rotatable bonds is 5. The van der Waals surface area contributed by atoms with Gasteiger partial charge in [-0.1, -0.05) is 6.07 Å². The summed E-state index contributed by atoms with van der Waals surface area (Å²) < 4.78 is 17.1. The average Bonchev–Trinajstić information content (AvgIpc) is 3.44. The minimum Gasteiger partial charge on any atom is -0.464 e. The molecule has 0 saturated carbocycles. The Morgan fingerprint density at radius 3 is 2.81 bits per heavy atom. The first-order chi connectivity index (χ1) is 15.1. The molecule has 1 aliphatic rings. The monoisotopic (exact) mass is 416 g/mol. The quantitative estimate of drug-likeness (QED) is 0.457. The van der Waals surface area contributed by atoms with E-state index >= 15 is 0 Å². The van der Waals surface area contributed by atoms with Gasteiger partial charge < -0.3 is 18.8 Å². The van der Waals surface area contributed by atoms with Gasteiger partial charge in [-0.05, 0) is 55.7 Å².